The Bertz CT molecular complexity index is 123. The quantitative estimate of drug-likeness (QED) is 0.332. The van der Waals surface area contributed by atoms with Crippen LogP contribution in [0.25, 0.3) is 0 Å². The van der Waals surface area contributed by atoms with Crippen molar-refractivity contribution in [3.8, 4) is 0 Å². The second-order valence-corrected chi connectivity index (χ2v) is 5.01. The third-order valence-corrected chi connectivity index (χ3v) is 1.64. The largest absolute Gasteiger partial charge is 0.315 e. The van der Waals surface area contributed by atoms with E-state index in [-0.39, 0.29) is 5.60 Å². The van der Waals surface area contributed by atoms with Crippen LogP contribution in [-0.2, 0) is 9.46 Å². The molecule has 0 amide bonds. The molecule has 0 heterocycles. The van der Waals surface area contributed by atoms with Crippen molar-refractivity contribution in [2.75, 3.05) is 0 Å². The van der Waals surface area contributed by atoms with Crippen LogP contribution in [0.1, 0.15) is 27.2 Å². The summed E-state index contributed by atoms with van der Waals surface area (Å²) in [6, 6.07) is 0. The minimum absolute atomic E-state index is 0.379. The van der Waals surface area contributed by atoms with E-state index in [9.17, 15) is 0 Å². The van der Waals surface area contributed by atoms with Crippen LogP contribution in [-0.4, -0.2) is 35.8 Å². The van der Waals surface area contributed by atoms with E-state index in [1.807, 2.05) is 20.8 Å². The highest BCUT2D eigenvalue weighted by atomic mass is 28.3. The zero-order valence-corrected chi connectivity index (χ0v) is 8.26. The standard InChI is InChI=1S/C5H11B3O2Si/c1-4-5(2,3)9-10-11(6,7)8/h4H2,1-3H3. The highest BCUT2D eigenvalue weighted by Crippen LogP contribution is 2.14. The van der Waals surface area contributed by atoms with Crippen molar-refractivity contribution in [3.05, 3.63) is 0 Å². The zero-order valence-electron chi connectivity index (χ0n) is 7.26. The highest BCUT2D eigenvalue weighted by Gasteiger charge is 2.21. The molecule has 0 bridgehead atoms. The van der Waals surface area contributed by atoms with Crippen LogP contribution >= 0.6 is 0 Å². The van der Waals surface area contributed by atoms with E-state index in [1.165, 1.54) is 0 Å². The first kappa shape index (κ1) is 11.3. The summed E-state index contributed by atoms with van der Waals surface area (Å²) in [6.45, 7) is 5.70. The van der Waals surface area contributed by atoms with Gasteiger partial charge in [-0.25, -0.2) is 4.89 Å². The minimum Gasteiger partial charge on any atom is -0.315 e. The molecule has 0 aromatic heterocycles. The summed E-state index contributed by atoms with van der Waals surface area (Å²) in [5.74, 6) is 0. The molecule has 0 fully saturated rings. The number of hydrogen-bond donors (Lipinski definition) is 0. The topological polar surface area (TPSA) is 18.5 Å². The molecule has 0 saturated heterocycles. The molecule has 6 radical (unpaired) electrons. The van der Waals surface area contributed by atoms with Crippen LogP contribution in [0.3, 0.4) is 0 Å². The van der Waals surface area contributed by atoms with Crippen molar-refractivity contribution in [3.63, 3.8) is 0 Å². The molecule has 0 atom stereocenters. The normalized spacial score (nSPS) is 13.4. The van der Waals surface area contributed by atoms with Gasteiger partial charge in [-0.2, -0.15) is 0 Å². The van der Waals surface area contributed by atoms with Gasteiger partial charge >= 0.3 is 0 Å². The molecule has 56 valence electrons. The van der Waals surface area contributed by atoms with Gasteiger partial charge in [-0.05, 0) is 20.3 Å². The molecule has 0 aliphatic heterocycles. The molecule has 0 N–H and O–H groups in total. The smallest absolute Gasteiger partial charge is 0.0966 e. The maximum Gasteiger partial charge on any atom is 0.0966 e. The Hall–Kier alpha value is 0.332. The Morgan fingerprint density at radius 3 is 2.00 bits per heavy atom. The molecule has 0 unspecified atom stereocenters. The van der Waals surface area contributed by atoms with Gasteiger partial charge in [-0.1, -0.05) is 6.92 Å². The first-order valence-electron chi connectivity index (χ1n) is 3.50. The average Bonchev–Trinajstić information content (AvgIpc) is 1.83. The second-order valence-electron chi connectivity index (χ2n) is 3.13. The van der Waals surface area contributed by atoms with Gasteiger partial charge in [0, 0.05) is 0 Å². The monoisotopic (exact) mass is 164 g/mol. The Morgan fingerprint density at radius 2 is 1.73 bits per heavy atom. The number of hydrogen-bond acceptors (Lipinski definition) is 2. The maximum atomic E-state index is 5.24. The van der Waals surface area contributed by atoms with Crippen molar-refractivity contribution < 1.29 is 9.46 Å². The van der Waals surface area contributed by atoms with Crippen molar-refractivity contribution >= 4 is 30.2 Å². The summed E-state index contributed by atoms with van der Waals surface area (Å²) in [5, 5.41) is 0. The molecule has 6 heteroatoms. The van der Waals surface area contributed by atoms with E-state index in [2.05, 4.69) is 4.58 Å². The average molecular weight is 164 g/mol. The van der Waals surface area contributed by atoms with Crippen LogP contribution in [0.5, 0.6) is 0 Å². The molecule has 11 heavy (non-hydrogen) atoms. The molecule has 0 aromatic rings. The van der Waals surface area contributed by atoms with E-state index in [0.717, 1.165) is 6.42 Å². The van der Waals surface area contributed by atoms with Crippen molar-refractivity contribution in [2.45, 2.75) is 32.8 Å². The van der Waals surface area contributed by atoms with Crippen molar-refractivity contribution in [1.82, 2.24) is 0 Å². The fraction of sp³-hybridized carbons (Fsp3) is 1.00. The molecular formula is C5H11B3O2Si. The highest BCUT2D eigenvalue weighted by molar-refractivity contribution is 7.57. The van der Waals surface area contributed by atoms with Crippen LogP contribution in [0.2, 0.25) is 0 Å². The summed E-state index contributed by atoms with van der Waals surface area (Å²) in [5.41, 5.74) is -0.379. The fourth-order valence-electron chi connectivity index (χ4n) is 0.244. The van der Waals surface area contributed by atoms with E-state index in [0.29, 0.717) is 0 Å². The first-order valence-corrected chi connectivity index (χ1v) is 5.64. The summed E-state index contributed by atoms with van der Waals surface area (Å²) in [6.07, 6.45) is 0.803. The Kier molecular flexibility index (Phi) is 3.94. The van der Waals surface area contributed by atoms with Gasteiger partial charge in [-0.15, -0.1) is 0 Å². The van der Waals surface area contributed by atoms with Gasteiger partial charge in [0.1, 0.15) is 0 Å². The predicted molar refractivity (Wildman–Crippen MR) is 49.6 cm³/mol. The Labute approximate surface area is 73.1 Å². The molecule has 0 rings (SSSR count). The molecular weight excluding hydrogens is 153 g/mol. The fourth-order valence-corrected chi connectivity index (χ4v) is 0.614. The lowest BCUT2D eigenvalue weighted by Crippen LogP contribution is -2.44. The lowest BCUT2D eigenvalue weighted by atomic mass is 10.1. The molecule has 0 saturated carbocycles. The van der Waals surface area contributed by atoms with Crippen LogP contribution in [0.4, 0.5) is 0 Å². The van der Waals surface area contributed by atoms with Gasteiger partial charge in [0.25, 0.3) is 0 Å². The van der Waals surface area contributed by atoms with E-state index in [4.69, 9.17) is 27.2 Å². The number of rotatable bonds is 4. The maximum absolute atomic E-state index is 5.24. The second kappa shape index (κ2) is 3.83. The van der Waals surface area contributed by atoms with Crippen LogP contribution in [0.15, 0.2) is 0 Å². The van der Waals surface area contributed by atoms with E-state index < -0.39 is 7.93 Å². The Balaban J connectivity index is 3.70. The van der Waals surface area contributed by atoms with E-state index in [1.54, 1.807) is 0 Å². The lowest BCUT2D eigenvalue weighted by molar-refractivity contribution is -0.285. The predicted octanol–water partition coefficient (Wildman–Crippen LogP) is 0.0643. The Morgan fingerprint density at radius 1 is 1.27 bits per heavy atom. The summed E-state index contributed by atoms with van der Waals surface area (Å²) >= 11 is 0. The van der Waals surface area contributed by atoms with Gasteiger partial charge < -0.3 is 4.58 Å². The molecule has 0 aromatic carbocycles. The SMILES string of the molecule is [B][Si]([B])([B])OOC(C)(C)CC. The van der Waals surface area contributed by atoms with Gasteiger partial charge in [0.05, 0.1) is 35.8 Å². The lowest BCUT2D eigenvalue weighted by Gasteiger charge is -2.28. The molecule has 0 aliphatic rings. The van der Waals surface area contributed by atoms with Gasteiger partial charge in [0.15, 0.2) is 0 Å². The zero-order chi connectivity index (χ0) is 9.12. The van der Waals surface area contributed by atoms with Crippen molar-refractivity contribution in [2.24, 2.45) is 0 Å². The summed E-state index contributed by atoms with van der Waals surface area (Å²) < 4.78 is 4.66. The van der Waals surface area contributed by atoms with E-state index >= 15 is 0 Å². The molecule has 0 spiro atoms. The summed E-state index contributed by atoms with van der Waals surface area (Å²) in [4.78, 5) is 4.93. The summed E-state index contributed by atoms with van der Waals surface area (Å²) in [7, 11) is 12.7. The molecule has 0 aliphatic carbocycles. The third-order valence-electron chi connectivity index (χ3n) is 1.26. The molecule has 2 nitrogen and oxygen atoms in total. The van der Waals surface area contributed by atoms with Crippen molar-refractivity contribution in [1.29, 1.82) is 0 Å². The minimum atomic E-state index is -3.01. The van der Waals surface area contributed by atoms with Gasteiger partial charge in [-0.3, -0.25) is 0 Å². The first-order chi connectivity index (χ1) is 4.77. The third kappa shape index (κ3) is 6.72. The van der Waals surface area contributed by atoms with Gasteiger partial charge in [0.2, 0.25) is 0 Å². The van der Waals surface area contributed by atoms with Crippen LogP contribution in [0, 0.1) is 0 Å². The van der Waals surface area contributed by atoms with Crippen LogP contribution < -0.4 is 0 Å².